The number of nitrogens with two attached hydrogens (primary N) is 1. The summed E-state index contributed by atoms with van der Waals surface area (Å²) in [4.78, 5) is 19.4. The van der Waals surface area contributed by atoms with Gasteiger partial charge in [0.15, 0.2) is 6.29 Å². The maximum absolute atomic E-state index is 9.82. The monoisotopic (exact) mass is 205 g/mol. The molecule has 0 rings (SSSR count). The van der Waals surface area contributed by atoms with Gasteiger partial charge in [0, 0.05) is 5.57 Å². The molecule has 0 unspecified atom stereocenters. The van der Waals surface area contributed by atoms with Crippen LogP contribution in [0, 0.1) is 0 Å². The summed E-state index contributed by atoms with van der Waals surface area (Å²) in [5.74, 6) is -0.435. The molecule has 0 aliphatic heterocycles. The first-order chi connectivity index (χ1) is 6.36. The van der Waals surface area contributed by atoms with Gasteiger partial charge in [-0.15, -0.1) is 0 Å². The Morgan fingerprint density at radius 2 is 1.93 bits per heavy atom. The van der Waals surface area contributed by atoms with Gasteiger partial charge in [-0.05, 0) is 6.92 Å². The Morgan fingerprint density at radius 3 is 2.00 bits per heavy atom. The van der Waals surface area contributed by atoms with Crippen LogP contribution >= 0.6 is 0 Å². The molecule has 0 aromatic heterocycles. The average molecular weight is 205 g/mol. The molecule has 0 aliphatic carbocycles. The topological polar surface area (TPSA) is 121 Å². The molecule has 0 aliphatic rings. The molecule has 2 atom stereocenters. The molecule has 5 N–H and O–H groups in total. The van der Waals surface area contributed by atoms with E-state index in [1.54, 1.807) is 6.92 Å². The minimum atomic E-state index is -1.46. The van der Waals surface area contributed by atoms with Gasteiger partial charge in [-0.1, -0.05) is 6.58 Å². The third-order valence-corrected chi connectivity index (χ3v) is 1.14. The summed E-state index contributed by atoms with van der Waals surface area (Å²) >= 11 is 0. The maximum atomic E-state index is 9.82. The van der Waals surface area contributed by atoms with Gasteiger partial charge in [0.2, 0.25) is 5.91 Å². The number of hydrogen-bond donors (Lipinski definition) is 4. The SMILES string of the molecule is C=C(C)C(N)=O.O=C[C@@H](O)[C@H](O)CO. The molecule has 6 heteroatoms. The van der Waals surface area contributed by atoms with E-state index in [0.29, 0.717) is 5.57 Å². The molecule has 0 saturated heterocycles. The number of carbonyl (C=O) groups is 2. The lowest BCUT2D eigenvalue weighted by Crippen LogP contribution is -2.30. The van der Waals surface area contributed by atoms with Crippen LogP contribution in [-0.2, 0) is 9.59 Å². The number of hydrogen-bond acceptors (Lipinski definition) is 5. The Labute approximate surface area is 81.7 Å². The van der Waals surface area contributed by atoms with Gasteiger partial charge in [-0.2, -0.15) is 0 Å². The summed E-state index contributed by atoms with van der Waals surface area (Å²) in [6, 6.07) is 0. The predicted octanol–water partition coefficient (Wildman–Crippen LogP) is -2.05. The first kappa shape index (κ1) is 15.2. The van der Waals surface area contributed by atoms with Gasteiger partial charge in [0.1, 0.15) is 12.2 Å². The van der Waals surface area contributed by atoms with Crippen LogP contribution < -0.4 is 5.73 Å². The van der Waals surface area contributed by atoms with Gasteiger partial charge in [-0.25, -0.2) is 0 Å². The van der Waals surface area contributed by atoms with Crippen molar-refractivity contribution in [2.24, 2.45) is 5.73 Å². The molecule has 0 bridgehead atoms. The Kier molecular flexibility index (Phi) is 9.10. The maximum Gasteiger partial charge on any atom is 0.243 e. The van der Waals surface area contributed by atoms with Crippen LogP contribution in [0.25, 0.3) is 0 Å². The van der Waals surface area contributed by atoms with Crippen molar-refractivity contribution in [3.05, 3.63) is 12.2 Å². The summed E-state index contributed by atoms with van der Waals surface area (Å²) in [5.41, 5.74) is 5.09. The number of amides is 1. The second kappa shape index (κ2) is 8.36. The van der Waals surface area contributed by atoms with Crippen LogP contribution in [0.2, 0.25) is 0 Å². The fraction of sp³-hybridized carbons (Fsp3) is 0.500. The highest BCUT2D eigenvalue weighted by atomic mass is 16.4. The van der Waals surface area contributed by atoms with Crippen molar-refractivity contribution in [3.8, 4) is 0 Å². The van der Waals surface area contributed by atoms with Crippen LogP contribution in [0.1, 0.15) is 6.92 Å². The molecule has 0 aromatic carbocycles. The molecule has 0 spiro atoms. The second-order valence-corrected chi connectivity index (χ2v) is 2.52. The fourth-order valence-electron chi connectivity index (χ4n) is 0.199. The molecule has 1 amide bonds. The van der Waals surface area contributed by atoms with Crippen molar-refractivity contribution >= 4 is 12.2 Å². The van der Waals surface area contributed by atoms with Crippen molar-refractivity contribution in [1.29, 1.82) is 0 Å². The molecule has 14 heavy (non-hydrogen) atoms. The minimum Gasteiger partial charge on any atom is -0.394 e. The molecule has 0 aromatic rings. The molecular weight excluding hydrogens is 190 g/mol. The number of primary amides is 1. The second-order valence-electron chi connectivity index (χ2n) is 2.52. The lowest BCUT2D eigenvalue weighted by Gasteiger charge is -2.06. The third kappa shape index (κ3) is 8.85. The summed E-state index contributed by atoms with van der Waals surface area (Å²) in [6.45, 7) is 4.25. The van der Waals surface area contributed by atoms with E-state index in [2.05, 4.69) is 6.58 Å². The van der Waals surface area contributed by atoms with E-state index in [1.165, 1.54) is 0 Å². The van der Waals surface area contributed by atoms with E-state index in [9.17, 15) is 9.59 Å². The number of carbonyl (C=O) groups excluding carboxylic acids is 2. The van der Waals surface area contributed by atoms with Crippen LogP contribution in [0.3, 0.4) is 0 Å². The summed E-state index contributed by atoms with van der Waals surface area (Å²) < 4.78 is 0. The van der Waals surface area contributed by atoms with Crippen molar-refractivity contribution in [2.45, 2.75) is 19.1 Å². The number of aliphatic hydroxyl groups is 3. The lowest BCUT2D eigenvalue weighted by atomic mass is 10.2. The van der Waals surface area contributed by atoms with Gasteiger partial charge in [0.05, 0.1) is 6.61 Å². The van der Waals surface area contributed by atoms with E-state index in [-0.39, 0.29) is 6.29 Å². The highest BCUT2D eigenvalue weighted by Gasteiger charge is 2.12. The number of rotatable bonds is 4. The normalized spacial score (nSPS) is 13.1. The van der Waals surface area contributed by atoms with Crippen molar-refractivity contribution < 1.29 is 24.9 Å². The van der Waals surface area contributed by atoms with Crippen molar-refractivity contribution in [2.75, 3.05) is 6.61 Å². The Bertz CT molecular complexity index is 192. The fourth-order valence-corrected chi connectivity index (χ4v) is 0.199. The van der Waals surface area contributed by atoms with E-state index in [4.69, 9.17) is 21.1 Å². The van der Waals surface area contributed by atoms with Crippen molar-refractivity contribution in [3.63, 3.8) is 0 Å². The van der Waals surface area contributed by atoms with Crippen LogP contribution in [0.15, 0.2) is 12.2 Å². The van der Waals surface area contributed by atoms with Crippen LogP contribution in [0.5, 0.6) is 0 Å². The summed E-state index contributed by atoms with van der Waals surface area (Å²) in [6.07, 6.45) is -2.63. The van der Waals surface area contributed by atoms with Gasteiger partial charge >= 0.3 is 0 Å². The van der Waals surface area contributed by atoms with Crippen LogP contribution in [-0.4, -0.2) is 46.3 Å². The quantitative estimate of drug-likeness (QED) is 0.311. The molecule has 0 heterocycles. The summed E-state index contributed by atoms with van der Waals surface area (Å²) in [7, 11) is 0. The predicted molar refractivity (Wildman–Crippen MR) is 49.2 cm³/mol. The molecule has 82 valence electrons. The zero-order chi connectivity index (χ0) is 11.7. The smallest absolute Gasteiger partial charge is 0.243 e. The van der Waals surface area contributed by atoms with Crippen LogP contribution in [0.4, 0.5) is 0 Å². The molecule has 6 nitrogen and oxygen atoms in total. The van der Waals surface area contributed by atoms with Gasteiger partial charge < -0.3 is 25.8 Å². The Morgan fingerprint density at radius 1 is 1.57 bits per heavy atom. The largest absolute Gasteiger partial charge is 0.394 e. The standard InChI is InChI=1S/C4H7NO.C4H8O4/c1-3(2)4(5)6;5-1-3(7)4(8)2-6/h1H2,2H3,(H2,5,6);1,3-4,6-8H,2H2/t;3-,4-/m.1/s1. The first-order valence-electron chi connectivity index (χ1n) is 3.74. The highest BCUT2D eigenvalue weighted by molar-refractivity contribution is 5.90. The molecule has 0 fully saturated rings. The number of aldehydes is 1. The number of aliphatic hydroxyl groups excluding tert-OH is 3. The average Bonchev–Trinajstić information content (AvgIpc) is 2.16. The Hall–Kier alpha value is -1.24. The zero-order valence-electron chi connectivity index (χ0n) is 7.88. The highest BCUT2D eigenvalue weighted by Crippen LogP contribution is 1.85. The van der Waals surface area contributed by atoms with E-state index in [1.807, 2.05) is 0 Å². The first-order valence-corrected chi connectivity index (χ1v) is 3.74. The van der Waals surface area contributed by atoms with Gasteiger partial charge in [0.25, 0.3) is 0 Å². The summed E-state index contributed by atoms with van der Waals surface area (Å²) in [5, 5.41) is 24.8. The van der Waals surface area contributed by atoms with Crippen molar-refractivity contribution in [1.82, 2.24) is 0 Å². The molecular formula is C8H15NO5. The van der Waals surface area contributed by atoms with E-state index < -0.39 is 24.7 Å². The van der Waals surface area contributed by atoms with E-state index >= 15 is 0 Å². The lowest BCUT2D eigenvalue weighted by molar-refractivity contribution is -0.121. The van der Waals surface area contributed by atoms with E-state index in [0.717, 1.165) is 0 Å². The minimum absolute atomic E-state index is 0.168. The zero-order valence-corrected chi connectivity index (χ0v) is 7.88. The molecule has 0 saturated carbocycles. The third-order valence-electron chi connectivity index (χ3n) is 1.14. The Balaban J connectivity index is 0. The molecule has 0 radical (unpaired) electrons. The van der Waals surface area contributed by atoms with Gasteiger partial charge in [-0.3, -0.25) is 4.79 Å².